The Morgan fingerprint density at radius 3 is 2.37 bits per heavy atom. The van der Waals surface area contributed by atoms with Gasteiger partial charge in [-0.25, -0.2) is 9.59 Å². The summed E-state index contributed by atoms with van der Waals surface area (Å²) in [7, 11) is 0. The Morgan fingerprint density at radius 1 is 1.32 bits per heavy atom. The summed E-state index contributed by atoms with van der Waals surface area (Å²) < 4.78 is 0. The lowest BCUT2D eigenvalue weighted by Crippen LogP contribution is -2.42. The molecule has 0 bridgehead atoms. The van der Waals surface area contributed by atoms with Crippen molar-refractivity contribution in [2.45, 2.75) is 25.8 Å². The number of carboxylic acid groups (broad SMARTS) is 1. The van der Waals surface area contributed by atoms with Crippen LogP contribution in [0.4, 0.5) is 10.5 Å². The number of aliphatic carboxylic acids is 1. The quantitative estimate of drug-likeness (QED) is 0.780. The Hall–Kier alpha value is -1.46. The summed E-state index contributed by atoms with van der Waals surface area (Å²) in [6, 6.07) is 3.19. The van der Waals surface area contributed by atoms with E-state index in [9.17, 15) is 9.59 Å². The summed E-state index contributed by atoms with van der Waals surface area (Å²) in [6.45, 7) is 1.83. The van der Waals surface area contributed by atoms with Crippen LogP contribution in [0.3, 0.4) is 0 Å². The summed E-state index contributed by atoms with van der Waals surface area (Å²) in [5, 5.41) is 14.3. The third-order valence-electron chi connectivity index (χ3n) is 2.38. The van der Waals surface area contributed by atoms with Gasteiger partial charge in [0.25, 0.3) is 0 Å². The molecule has 1 atom stereocenters. The number of carbonyl (C=O) groups excluding carboxylic acids is 1. The van der Waals surface area contributed by atoms with Crippen molar-refractivity contribution in [2.75, 3.05) is 5.32 Å². The molecule has 0 aliphatic rings. The molecule has 1 rings (SSSR count). The molecule has 0 spiro atoms. The number of urea groups is 1. The molecule has 2 amide bonds. The number of benzene rings is 1. The van der Waals surface area contributed by atoms with Crippen molar-refractivity contribution in [3.05, 3.63) is 28.2 Å². The molecule has 3 N–H and O–H groups in total. The maximum absolute atomic E-state index is 11.7. The minimum absolute atomic E-state index is 0.254. The van der Waals surface area contributed by atoms with Crippen molar-refractivity contribution in [1.29, 1.82) is 0 Å². The normalized spacial score (nSPS) is 11.7. The van der Waals surface area contributed by atoms with Gasteiger partial charge in [0.15, 0.2) is 0 Å². The molecule has 0 saturated heterocycles. The molecule has 0 radical (unpaired) electrons. The van der Waals surface area contributed by atoms with Gasteiger partial charge in [-0.15, -0.1) is 0 Å². The van der Waals surface area contributed by atoms with Crippen LogP contribution in [-0.4, -0.2) is 23.1 Å². The standard InChI is InChI=1S/C12H14Cl2N2O3/c1-2-4-9(11(17)18)15-12(19)16-10-7(13)5-3-6-8(10)14/h3,5-6,9H,2,4H2,1H3,(H,17,18)(H2,15,16,19)/t9-/m0/s1. The Bertz CT molecular complexity index is 460. The first-order valence-corrected chi connectivity index (χ1v) is 6.45. The predicted octanol–water partition coefficient (Wildman–Crippen LogP) is 3.37. The average Bonchev–Trinajstić information content (AvgIpc) is 2.33. The lowest BCUT2D eigenvalue weighted by Gasteiger charge is -2.15. The highest BCUT2D eigenvalue weighted by atomic mass is 35.5. The zero-order chi connectivity index (χ0) is 14.4. The summed E-state index contributed by atoms with van der Waals surface area (Å²) in [4.78, 5) is 22.6. The largest absolute Gasteiger partial charge is 0.480 e. The fourth-order valence-electron chi connectivity index (χ4n) is 1.47. The van der Waals surface area contributed by atoms with Crippen LogP contribution >= 0.6 is 23.2 Å². The van der Waals surface area contributed by atoms with Gasteiger partial charge < -0.3 is 15.7 Å². The van der Waals surface area contributed by atoms with E-state index in [1.165, 1.54) is 0 Å². The monoisotopic (exact) mass is 304 g/mol. The maximum atomic E-state index is 11.7. The number of nitrogens with one attached hydrogen (secondary N) is 2. The van der Waals surface area contributed by atoms with E-state index in [0.717, 1.165) is 0 Å². The third-order valence-corrected chi connectivity index (χ3v) is 3.01. The molecular formula is C12H14Cl2N2O3. The van der Waals surface area contributed by atoms with Crippen molar-refractivity contribution in [2.24, 2.45) is 0 Å². The molecular weight excluding hydrogens is 291 g/mol. The second-order valence-corrected chi connectivity index (χ2v) is 4.69. The van der Waals surface area contributed by atoms with Crippen LogP contribution in [0.5, 0.6) is 0 Å². The van der Waals surface area contributed by atoms with Gasteiger partial charge in [0.05, 0.1) is 15.7 Å². The van der Waals surface area contributed by atoms with E-state index < -0.39 is 18.0 Å². The van der Waals surface area contributed by atoms with E-state index in [2.05, 4.69) is 10.6 Å². The maximum Gasteiger partial charge on any atom is 0.326 e. The fraction of sp³-hybridized carbons (Fsp3) is 0.333. The molecule has 1 aromatic carbocycles. The number of para-hydroxylation sites is 1. The van der Waals surface area contributed by atoms with Gasteiger partial charge in [0.2, 0.25) is 0 Å². The smallest absolute Gasteiger partial charge is 0.326 e. The van der Waals surface area contributed by atoms with Crippen molar-refractivity contribution < 1.29 is 14.7 Å². The molecule has 0 saturated carbocycles. The number of hydrogen-bond acceptors (Lipinski definition) is 2. The van der Waals surface area contributed by atoms with Crippen LogP contribution in [0.1, 0.15) is 19.8 Å². The van der Waals surface area contributed by atoms with Crippen LogP contribution < -0.4 is 10.6 Å². The van der Waals surface area contributed by atoms with Crippen molar-refractivity contribution in [3.63, 3.8) is 0 Å². The average molecular weight is 305 g/mol. The highest BCUT2D eigenvalue weighted by Crippen LogP contribution is 2.29. The van der Waals surface area contributed by atoms with Crippen LogP contribution in [-0.2, 0) is 4.79 Å². The molecule has 19 heavy (non-hydrogen) atoms. The fourth-order valence-corrected chi connectivity index (χ4v) is 1.96. The number of halogens is 2. The van der Waals surface area contributed by atoms with E-state index in [0.29, 0.717) is 12.8 Å². The van der Waals surface area contributed by atoms with Gasteiger partial charge in [-0.05, 0) is 18.6 Å². The second kappa shape index (κ2) is 7.21. The molecule has 0 heterocycles. The van der Waals surface area contributed by atoms with Crippen molar-refractivity contribution in [3.8, 4) is 0 Å². The summed E-state index contributed by atoms with van der Waals surface area (Å²) in [5.74, 6) is -1.08. The topological polar surface area (TPSA) is 78.4 Å². The van der Waals surface area contributed by atoms with E-state index in [-0.39, 0.29) is 15.7 Å². The van der Waals surface area contributed by atoms with Gasteiger partial charge >= 0.3 is 12.0 Å². The third kappa shape index (κ3) is 4.61. The first kappa shape index (κ1) is 15.6. The van der Waals surface area contributed by atoms with E-state index in [1.54, 1.807) is 18.2 Å². The number of anilines is 1. The number of amides is 2. The summed E-state index contributed by atoms with van der Waals surface area (Å²) in [5.41, 5.74) is 0.254. The molecule has 5 nitrogen and oxygen atoms in total. The second-order valence-electron chi connectivity index (χ2n) is 3.87. The Labute approximate surface area is 120 Å². The molecule has 0 unspecified atom stereocenters. The predicted molar refractivity (Wildman–Crippen MR) is 74.9 cm³/mol. The SMILES string of the molecule is CCC[C@H](NC(=O)Nc1c(Cl)cccc1Cl)C(=O)O. The van der Waals surface area contributed by atoms with E-state index in [1.807, 2.05) is 6.92 Å². The molecule has 1 aromatic rings. The zero-order valence-electron chi connectivity index (χ0n) is 10.2. The lowest BCUT2D eigenvalue weighted by molar-refractivity contribution is -0.139. The molecule has 0 aromatic heterocycles. The van der Waals surface area contributed by atoms with Gasteiger partial charge in [-0.3, -0.25) is 0 Å². The highest BCUT2D eigenvalue weighted by molar-refractivity contribution is 6.39. The summed E-state index contributed by atoms with van der Waals surface area (Å²) in [6.07, 6.45) is 0.989. The summed E-state index contributed by atoms with van der Waals surface area (Å²) >= 11 is 11.8. The van der Waals surface area contributed by atoms with Gasteiger partial charge in [-0.1, -0.05) is 42.6 Å². The van der Waals surface area contributed by atoms with Crippen molar-refractivity contribution >= 4 is 40.9 Å². The number of carboxylic acids is 1. The molecule has 0 aliphatic carbocycles. The van der Waals surface area contributed by atoms with Crippen LogP contribution in [0.25, 0.3) is 0 Å². The number of rotatable bonds is 5. The van der Waals surface area contributed by atoms with Gasteiger partial charge in [0.1, 0.15) is 6.04 Å². The molecule has 0 aliphatic heterocycles. The highest BCUT2D eigenvalue weighted by Gasteiger charge is 2.19. The first-order valence-electron chi connectivity index (χ1n) is 5.70. The minimum Gasteiger partial charge on any atom is -0.480 e. The van der Waals surface area contributed by atoms with E-state index >= 15 is 0 Å². The Kier molecular flexibility index (Phi) is 5.92. The number of carbonyl (C=O) groups is 2. The van der Waals surface area contributed by atoms with Gasteiger partial charge in [0, 0.05) is 0 Å². The Balaban J connectivity index is 2.72. The molecule has 0 fully saturated rings. The van der Waals surface area contributed by atoms with Crippen molar-refractivity contribution in [1.82, 2.24) is 5.32 Å². The Morgan fingerprint density at radius 2 is 1.89 bits per heavy atom. The zero-order valence-corrected chi connectivity index (χ0v) is 11.8. The number of hydrogen-bond donors (Lipinski definition) is 3. The first-order chi connectivity index (χ1) is 8.95. The van der Waals surface area contributed by atoms with Crippen LogP contribution in [0.2, 0.25) is 10.0 Å². The molecule has 7 heteroatoms. The van der Waals surface area contributed by atoms with Crippen LogP contribution in [0.15, 0.2) is 18.2 Å². The van der Waals surface area contributed by atoms with Gasteiger partial charge in [-0.2, -0.15) is 0 Å². The molecule has 104 valence electrons. The van der Waals surface area contributed by atoms with E-state index in [4.69, 9.17) is 28.3 Å². The van der Waals surface area contributed by atoms with Crippen LogP contribution in [0, 0.1) is 0 Å². The minimum atomic E-state index is -1.08. The lowest BCUT2D eigenvalue weighted by atomic mass is 10.2.